The summed E-state index contributed by atoms with van der Waals surface area (Å²) in [7, 11) is 0. The van der Waals surface area contributed by atoms with E-state index in [9.17, 15) is 9.18 Å². The summed E-state index contributed by atoms with van der Waals surface area (Å²) in [6.07, 6.45) is 2.13. The number of pyridine rings is 1. The largest absolute Gasteiger partial charge is 0.487 e. The van der Waals surface area contributed by atoms with E-state index >= 15 is 0 Å². The lowest BCUT2D eigenvalue weighted by Crippen LogP contribution is -2.37. The minimum absolute atomic E-state index is 0.0683. The molecule has 1 unspecified atom stereocenters. The van der Waals surface area contributed by atoms with E-state index in [4.69, 9.17) is 10.5 Å². The van der Waals surface area contributed by atoms with Crippen LogP contribution in [0.1, 0.15) is 42.2 Å². The van der Waals surface area contributed by atoms with Crippen molar-refractivity contribution in [2.45, 2.75) is 31.9 Å². The Balaban J connectivity index is 1.89. The van der Waals surface area contributed by atoms with Crippen LogP contribution < -0.4 is 15.8 Å². The molecular weight excluding hydrogens is 297 g/mol. The summed E-state index contributed by atoms with van der Waals surface area (Å²) in [6.45, 7) is 3.91. The van der Waals surface area contributed by atoms with Crippen LogP contribution in [0.25, 0.3) is 0 Å². The number of carbonyl (C=O) groups excluding carboxylic acids is 1. The second kappa shape index (κ2) is 5.53. The quantitative estimate of drug-likeness (QED) is 0.912. The van der Waals surface area contributed by atoms with Crippen LogP contribution >= 0.6 is 0 Å². The zero-order valence-corrected chi connectivity index (χ0v) is 13.0. The average Bonchev–Trinajstić information content (AvgIpc) is 2.46. The molecule has 0 spiro atoms. The van der Waals surface area contributed by atoms with Crippen LogP contribution in [-0.4, -0.2) is 16.5 Å². The molecule has 3 N–H and O–H groups in total. The molecule has 0 saturated heterocycles. The molecule has 0 bridgehead atoms. The first-order valence-corrected chi connectivity index (χ1v) is 7.35. The standard InChI is InChI=1S/C17H18FN3O2/c1-17(2)8-13(12-5-4-11(18)7-14(12)23-17)21-15-6-3-10(9-20-15)16(19)22/h3-7,9,13H,8H2,1-2H3,(H2,19,22)(H,20,21). The van der Waals surface area contributed by atoms with Gasteiger partial charge in [-0.25, -0.2) is 9.37 Å². The predicted octanol–water partition coefficient (Wildman–Crippen LogP) is 3.03. The smallest absolute Gasteiger partial charge is 0.250 e. The lowest BCUT2D eigenvalue weighted by molar-refractivity contribution is 0.0753. The van der Waals surface area contributed by atoms with Gasteiger partial charge in [-0.15, -0.1) is 0 Å². The van der Waals surface area contributed by atoms with Crippen LogP contribution in [0.3, 0.4) is 0 Å². The van der Waals surface area contributed by atoms with Crippen LogP contribution in [0.15, 0.2) is 36.5 Å². The van der Waals surface area contributed by atoms with Crippen LogP contribution in [0.4, 0.5) is 10.2 Å². The topological polar surface area (TPSA) is 77.2 Å². The molecule has 6 heteroatoms. The number of hydrogen-bond acceptors (Lipinski definition) is 4. The summed E-state index contributed by atoms with van der Waals surface area (Å²) >= 11 is 0. The Kier molecular flexibility index (Phi) is 3.67. The van der Waals surface area contributed by atoms with Gasteiger partial charge in [-0.1, -0.05) is 6.07 Å². The van der Waals surface area contributed by atoms with Gasteiger partial charge in [0.25, 0.3) is 0 Å². The first-order valence-electron chi connectivity index (χ1n) is 7.35. The molecule has 1 aliphatic rings. The fourth-order valence-electron chi connectivity index (χ4n) is 2.76. The summed E-state index contributed by atoms with van der Waals surface area (Å²) < 4.78 is 19.3. The van der Waals surface area contributed by atoms with Gasteiger partial charge in [0.1, 0.15) is 23.0 Å². The number of rotatable bonds is 3. The molecule has 3 rings (SSSR count). The summed E-state index contributed by atoms with van der Waals surface area (Å²) in [5, 5.41) is 3.31. The van der Waals surface area contributed by atoms with E-state index < -0.39 is 11.5 Å². The van der Waals surface area contributed by atoms with Crippen molar-refractivity contribution in [3.8, 4) is 5.75 Å². The van der Waals surface area contributed by atoms with E-state index in [-0.39, 0.29) is 11.9 Å². The second-order valence-electron chi connectivity index (χ2n) is 6.24. The highest BCUT2D eigenvalue weighted by Gasteiger charge is 2.34. The number of fused-ring (bicyclic) bond motifs is 1. The number of carbonyl (C=O) groups is 1. The van der Waals surface area contributed by atoms with Gasteiger partial charge in [0.15, 0.2) is 0 Å². The average molecular weight is 315 g/mol. The summed E-state index contributed by atoms with van der Waals surface area (Å²) in [6, 6.07) is 7.78. The number of ether oxygens (including phenoxy) is 1. The molecule has 5 nitrogen and oxygen atoms in total. The minimum Gasteiger partial charge on any atom is -0.487 e. The molecular formula is C17H18FN3O2. The highest BCUT2D eigenvalue weighted by atomic mass is 19.1. The fourth-order valence-corrected chi connectivity index (χ4v) is 2.76. The molecule has 1 aliphatic heterocycles. The summed E-state index contributed by atoms with van der Waals surface area (Å²) in [4.78, 5) is 15.3. The highest BCUT2D eigenvalue weighted by molar-refractivity contribution is 5.92. The number of halogens is 1. The summed E-state index contributed by atoms with van der Waals surface area (Å²) in [5.74, 6) is 0.307. The van der Waals surface area contributed by atoms with Crippen LogP contribution in [-0.2, 0) is 0 Å². The number of nitrogens with two attached hydrogens (primary N) is 1. The third kappa shape index (κ3) is 3.26. The van der Waals surface area contributed by atoms with Crippen molar-refractivity contribution >= 4 is 11.7 Å². The first-order chi connectivity index (χ1) is 10.8. The molecule has 2 heterocycles. The lowest BCUT2D eigenvalue weighted by atomic mass is 9.89. The normalized spacial score (nSPS) is 18.7. The number of primary amides is 1. The van der Waals surface area contributed by atoms with Gasteiger partial charge < -0.3 is 15.8 Å². The highest BCUT2D eigenvalue weighted by Crippen LogP contribution is 2.41. The maximum Gasteiger partial charge on any atom is 0.250 e. The Hall–Kier alpha value is -2.63. The molecule has 0 saturated carbocycles. The summed E-state index contributed by atoms with van der Waals surface area (Å²) in [5.41, 5.74) is 6.02. The number of aromatic nitrogens is 1. The Labute approximate surface area is 133 Å². The molecule has 23 heavy (non-hydrogen) atoms. The SMILES string of the molecule is CC1(C)CC(Nc2ccc(C(N)=O)cn2)c2ccc(F)cc2O1. The molecule has 1 aromatic carbocycles. The van der Waals surface area contributed by atoms with Gasteiger partial charge in [0.2, 0.25) is 5.91 Å². The number of benzene rings is 1. The van der Waals surface area contributed by atoms with E-state index in [2.05, 4.69) is 10.3 Å². The predicted molar refractivity (Wildman–Crippen MR) is 84.8 cm³/mol. The van der Waals surface area contributed by atoms with E-state index in [0.29, 0.717) is 23.6 Å². The Bertz CT molecular complexity index is 744. The van der Waals surface area contributed by atoms with Gasteiger partial charge >= 0.3 is 0 Å². The molecule has 0 aliphatic carbocycles. The number of anilines is 1. The second-order valence-corrected chi connectivity index (χ2v) is 6.24. The fraction of sp³-hybridized carbons (Fsp3) is 0.294. The van der Waals surface area contributed by atoms with Crippen molar-refractivity contribution in [2.75, 3.05) is 5.32 Å². The Morgan fingerprint density at radius 2 is 2.17 bits per heavy atom. The van der Waals surface area contributed by atoms with Crippen LogP contribution in [0.5, 0.6) is 5.75 Å². The van der Waals surface area contributed by atoms with Gasteiger partial charge in [-0.3, -0.25) is 4.79 Å². The third-order valence-corrected chi connectivity index (χ3v) is 3.80. The molecule has 1 atom stereocenters. The molecule has 1 aromatic heterocycles. The maximum absolute atomic E-state index is 13.5. The Morgan fingerprint density at radius 1 is 1.39 bits per heavy atom. The molecule has 0 fully saturated rings. The molecule has 0 radical (unpaired) electrons. The van der Waals surface area contributed by atoms with Crippen molar-refractivity contribution in [1.82, 2.24) is 4.98 Å². The van der Waals surface area contributed by atoms with Gasteiger partial charge in [-0.05, 0) is 32.0 Å². The van der Waals surface area contributed by atoms with Gasteiger partial charge in [0, 0.05) is 24.2 Å². The number of nitrogens with zero attached hydrogens (tertiary/aromatic N) is 1. The van der Waals surface area contributed by atoms with E-state index in [1.165, 1.54) is 18.3 Å². The number of nitrogens with one attached hydrogen (secondary N) is 1. The zero-order chi connectivity index (χ0) is 16.6. The third-order valence-electron chi connectivity index (χ3n) is 3.80. The number of amides is 1. The zero-order valence-electron chi connectivity index (χ0n) is 13.0. The minimum atomic E-state index is -0.517. The van der Waals surface area contributed by atoms with Gasteiger partial charge in [0.05, 0.1) is 11.6 Å². The van der Waals surface area contributed by atoms with Crippen molar-refractivity contribution in [3.63, 3.8) is 0 Å². The molecule has 2 aromatic rings. The Morgan fingerprint density at radius 3 is 2.83 bits per heavy atom. The number of hydrogen-bond donors (Lipinski definition) is 2. The first kappa shape index (κ1) is 15.3. The monoisotopic (exact) mass is 315 g/mol. The van der Waals surface area contributed by atoms with Crippen LogP contribution in [0.2, 0.25) is 0 Å². The molecule has 120 valence electrons. The van der Waals surface area contributed by atoms with Gasteiger partial charge in [-0.2, -0.15) is 0 Å². The van der Waals surface area contributed by atoms with Crippen molar-refractivity contribution in [3.05, 3.63) is 53.5 Å². The van der Waals surface area contributed by atoms with E-state index in [0.717, 1.165) is 5.56 Å². The molecule has 1 amide bonds. The van der Waals surface area contributed by atoms with Crippen molar-refractivity contribution < 1.29 is 13.9 Å². The lowest BCUT2D eigenvalue weighted by Gasteiger charge is -2.38. The van der Waals surface area contributed by atoms with E-state index in [1.54, 1.807) is 18.2 Å². The van der Waals surface area contributed by atoms with E-state index in [1.807, 2.05) is 13.8 Å². The van der Waals surface area contributed by atoms with Crippen molar-refractivity contribution in [1.29, 1.82) is 0 Å². The van der Waals surface area contributed by atoms with Crippen molar-refractivity contribution in [2.24, 2.45) is 5.73 Å². The maximum atomic E-state index is 13.5. The van der Waals surface area contributed by atoms with Crippen LogP contribution in [0, 0.1) is 5.82 Å².